The zero-order valence-corrected chi connectivity index (χ0v) is 20.6. The van der Waals surface area contributed by atoms with Gasteiger partial charge in [0.2, 0.25) is 21.2 Å². The van der Waals surface area contributed by atoms with E-state index >= 15 is 0 Å². The average molecular weight is 548 g/mol. The summed E-state index contributed by atoms with van der Waals surface area (Å²) in [4.78, 5) is 25.1. The predicted octanol–water partition coefficient (Wildman–Crippen LogP) is 5.19. The van der Waals surface area contributed by atoms with Crippen molar-refractivity contribution in [3.8, 4) is 17.2 Å². The van der Waals surface area contributed by atoms with E-state index in [1.54, 1.807) is 25.1 Å². The highest BCUT2D eigenvalue weighted by Crippen LogP contribution is 2.38. The number of alkyl halides is 3. The first-order chi connectivity index (χ1) is 17.9. The van der Waals surface area contributed by atoms with Crippen LogP contribution in [0.3, 0.4) is 0 Å². The molecule has 0 aliphatic heterocycles. The van der Waals surface area contributed by atoms with E-state index in [4.69, 9.17) is 13.9 Å². The summed E-state index contributed by atoms with van der Waals surface area (Å²) < 4.78 is 83.3. The second kappa shape index (κ2) is 10.7. The van der Waals surface area contributed by atoms with E-state index in [0.717, 1.165) is 17.7 Å². The predicted molar refractivity (Wildman–Crippen MR) is 131 cm³/mol. The Morgan fingerprint density at radius 2 is 1.66 bits per heavy atom. The van der Waals surface area contributed by atoms with Crippen LogP contribution in [0.5, 0.6) is 17.2 Å². The molecule has 4 aromatic rings. The lowest BCUT2D eigenvalue weighted by atomic mass is 10.2. The molecule has 12 heteroatoms. The van der Waals surface area contributed by atoms with Gasteiger partial charge in [-0.15, -0.1) is 0 Å². The minimum Gasteiger partial charge on any atom is -0.449 e. The van der Waals surface area contributed by atoms with Gasteiger partial charge in [-0.3, -0.25) is 9.59 Å². The van der Waals surface area contributed by atoms with Gasteiger partial charge in [0.15, 0.2) is 0 Å². The first-order valence-electron chi connectivity index (χ1n) is 11.1. The molecule has 1 N–H and O–H groups in total. The molecule has 38 heavy (non-hydrogen) atoms. The molecule has 0 unspecified atom stereocenters. The summed E-state index contributed by atoms with van der Waals surface area (Å²) in [5.74, 6) is -3.72. The molecule has 0 aliphatic rings. The van der Waals surface area contributed by atoms with Crippen molar-refractivity contribution >= 4 is 27.0 Å². The Balaban J connectivity index is 1.51. The number of hydrogen-bond donors (Lipinski definition) is 1. The Kier molecular flexibility index (Phi) is 7.56. The van der Waals surface area contributed by atoms with Gasteiger partial charge in [-0.05, 0) is 43.3 Å². The minimum absolute atomic E-state index is 0.00759. The van der Waals surface area contributed by atoms with Crippen LogP contribution in [0, 0.1) is 6.92 Å². The van der Waals surface area contributed by atoms with Crippen molar-refractivity contribution in [2.45, 2.75) is 24.4 Å². The van der Waals surface area contributed by atoms with Gasteiger partial charge in [-0.1, -0.05) is 35.9 Å². The molecule has 0 bridgehead atoms. The molecule has 0 spiro atoms. The molecule has 0 saturated heterocycles. The lowest BCUT2D eigenvalue weighted by molar-refractivity contribution is -0.154. The number of rotatable bonds is 8. The Morgan fingerprint density at radius 3 is 2.32 bits per heavy atom. The van der Waals surface area contributed by atoms with Gasteiger partial charge in [-0.25, -0.2) is 13.1 Å². The summed E-state index contributed by atoms with van der Waals surface area (Å²) in [6.07, 6.45) is -5.43. The van der Waals surface area contributed by atoms with E-state index in [-0.39, 0.29) is 34.7 Å². The molecular weight excluding hydrogens is 527 g/mol. The normalized spacial score (nSPS) is 11.9. The third-order valence-electron chi connectivity index (χ3n) is 5.23. The number of ether oxygens (including phenoxy) is 2. The van der Waals surface area contributed by atoms with Gasteiger partial charge in [0.1, 0.15) is 17.1 Å². The molecular formula is C26H20F3NO7S. The van der Waals surface area contributed by atoms with Gasteiger partial charge in [0.25, 0.3) is 5.76 Å². The van der Waals surface area contributed by atoms with E-state index in [0.29, 0.717) is 0 Å². The molecule has 0 saturated carbocycles. The zero-order chi connectivity index (χ0) is 27.5. The highest BCUT2D eigenvalue weighted by atomic mass is 32.2. The maximum absolute atomic E-state index is 13.7. The van der Waals surface area contributed by atoms with Crippen molar-refractivity contribution in [2.24, 2.45) is 0 Å². The highest BCUT2D eigenvalue weighted by Gasteiger charge is 2.40. The number of fused-ring (bicyclic) bond motifs is 1. The number of carbonyl (C=O) groups excluding carboxylic acids is 1. The van der Waals surface area contributed by atoms with Gasteiger partial charge in [0.05, 0.1) is 16.7 Å². The van der Waals surface area contributed by atoms with E-state index in [9.17, 15) is 31.2 Å². The maximum Gasteiger partial charge on any atom is 0.453 e. The second-order valence-electron chi connectivity index (χ2n) is 8.10. The van der Waals surface area contributed by atoms with E-state index in [1.165, 1.54) is 42.5 Å². The lowest BCUT2D eigenvalue weighted by Crippen LogP contribution is -2.27. The Bertz CT molecular complexity index is 1630. The van der Waals surface area contributed by atoms with Crippen molar-refractivity contribution < 1.29 is 40.3 Å². The van der Waals surface area contributed by atoms with Crippen LogP contribution in [0.15, 0.2) is 86.9 Å². The maximum atomic E-state index is 13.7. The second-order valence-corrected chi connectivity index (χ2v) is 9.86. The Hall–Kier alpha value is -4.16. The average Bonchev–Trinajstić information content (AvgIpc) is 2.85. The van der Waals surface area contributed by atoms with Crippen molar-refractivity contribution in [3.63, 3.8) is 0 Å². The van der Waals surface area contributed by atoms with Crippen LogP contribution in [0.25, 0.3) is 11.0 Å². The smallest absolute Gasteiger partial charge is 0.449 e. The number of para-hydroxylation sites is 1. The minimum atomic E-state index is -5.06. The van der Waals surface area contributed by atoms with Crippen molar-refractivity contribution in [3.05, 3.63) is 94.3 Å². The number of hydrogen-bond acceptors (Lipinski definition) is 7. The summed E-state index contributed by atoms with van der Waals surface area (Å²) in [5.41, 5.74) is -0.667. The molecule has 0 aliphatic carbocycles. The molecule has 198 valence electrons. The quantitative estimate of drug-likeness (QED) is 0.239. The summed E-state index contributed by atoms with van der Waals surface area (Å²) >= 11 is 0. The van der Waals surface area contributed by atoms with Crippen LogP contribution in [-0.4, -0.2) is 20.9 Å². The molecule has 1 heterocycles. The number of sulfonamides is 1. The van der Waals surface area contributed by atoms with Crippen LogP contribution < -0.4 is 19.6 Å². The third kappa shape index (κ3) is 6.21. The van der Waals surface area contributed by atoms with Gasteiger partial charge in [0, 0.05) is 12.6 Å². The van der Waals surface area contributed by atoms with Gasteiger partial charge >= 0.3 is 12.1 Å². The topological polar surface area (TPSA) is 112 Å². The fourth-order valence-corrected chi connectivity index (χ4v) is 4.41. The fourth-order valence-electron chi connectivity index (χ4n) is 3.38. The van der Waals surface area contributed by atoms with Crippen LogP contribution in [0.2, 0.25) is 0 Å². The van der Waals surface area contributed by atoms with Crippen LogP contribution in [-0.2, 0) is 21.0 Å². The molecule has 0 fully saturated rings. The molecule has 8 nitrogen and oxygen atoms in total. The summed E-state index contributed by atoms with van der Waals surface area (Å²) in [6, 6.07) is 16.8. The number of benzene rings is 3. The number of carbonyl (C=O) groups is 1. The van der Waals surface area contributed by atoms with E-state index in [1.807, 2.05) is 0 Å². The first kappa shape index (κ1) is 26.9. The monoisotopic (exact) mass is 547 g/mol. The zero-order valence-electron chi connectivity index (χ0n) is 19.7. The molecule has 4 rings (SSSR count). The van der Waals surface area contributed by atoms with Gasteiger partial charge in [-0.2, -0.15) is 13.2 Å². The summed E-state index contributed by atoms with van der Waals surface area (Å²) in [5, 5.41) is -0.227. The number of halogens is 3. The third-order valence-corrected chi connectivity index (χ3v) is 6.70. The molecule has 0 amide bonds. The van der Waals surface area contributed by atoms with Crippen molar-refractivity contribution in [1.29, 1.82) is 0 Å². The first-order valence-corrected chi connectivity index (χ1v) is 12.6. The number of nitrogens with one attached hydrogen (secondary N) is 1. The van der Waals surface area contributed by atoms with Crippen molar-refractivity contribution in [1.82, 2.24) is 4.72 Å². The molecule has 1 aromatic heterocycles. The SMILES string of the molecule is Cc1ccc(S(=O)(=O)NCCC(=O)Oc2ccc3c(=O)c(Oc4ccccc4)c(C(F)(F)F)oc3c2)cc1. The standard InChI is InChI=1S/C26H20F3NO7S/c1-16-7-10-19(11-8-16)38(33,34)30-14-13-22(31)35-18-9-12-20-21(15-18)37-25(26(27,28)29)24(23(20)32)36-17-5-3-2-4-6-17/h2-12,15,30H,13-14H2,1H3. The lowest BCUT2D eigenvalue weighted by Gasteiger charge is -2.13. The fraction of sp³-hybridized carbons (Fsp3) is 0.154. The summed E-state index contributed by atoms with van der Waals surface area (Å²) in [7, 11) is -3.85. The number of esters is 1. The van der Waals surface area contributed by atoms with Gasteiger partial charge < -0.3 is 13.9 Å². The molecule has 0 atom stereocenters. The Morgan fingerprint density at radius 1 is 0.974 bits per heavy atom. The van der Waals surface area contributed by atoms with Crippen LogP contribution >= 0.6 is 0 Å². The Labute approximate surface area is 214 Å². The molecule has 3 aromatic carbocycles. The van der Waals surface area contributed by atoms with E-state index < -0.39 is 44.7 Å². The van der Waals surface area contributed by atoms with E-state index in [2.05, 4.69) is 4.72 Å². The highest BCUT2D eigenvalue weighted by molar-refractivity contribution is 7.89. The largest absolute Gasteiger partial charge is 0.453 e. The van der Waals surface area contributed by atoms with Crippen molar-refractivity contribution in [2.75, 3.05) is 6.54 Å². The number of aryl methyl sites for hydroxylation is 1. The molecule has 0 radical (unpaired) electrons. The summed E-state index contributed by atoms with van der Waals surface area (Å²) in [6.45, 7) is 1.52. The van der Waals surface area contributed by atoms with Crippen LogP contribution in [0.1, 0.15) is 17.7 Å². The van der Waals surface area contributed by atoms with Crippen LogP contribution in [0.4, 0.5) is 13.2 Å².